The van der Waals surface area contributed by atoms with Crippen LogP contribution in [0.4, 0.5) is 0 Å². The number of hydrogen-bond donors (Lipinski definition) is 0. The van der Waals surface area contributed by atoms with Crippen molar-refractivity contribution >= 4 is 27.5 Å². The molecule has 0 unspecified atom stereocenters. The number of aryl methyl sites for hydroxylation is 2. The Morgan fingerprint density at radius 1 is 1.09 bits per heavy atom. The van der Waals surface area contributed by atoms with Gasteiger partial charge in [0, 0.05) is 7.05 Å². The van der Waals surface area contributed by atoms with Crippen LogP contribution in [0, 0.1) is 0 Å². The van der Waals surface area contributed by atoms with Gasteiger partial charge in [0.25, 0.3) is 5.91 Å². The van der Waals surface area contributed by atoms with Gasteiger partial charge in [-0.25, -0.2) is 0 Å². The number of amides is 1. The normalized spacial score (nSPS) is 12.0. The van der Waals surface area contributed by atoms with Crippen LogP contribution in [-0.2, 0) is 24.7 Å². The molecule has 3 rings (SSSR count). The third-order valence-electron chi connectivity index (χ3n) is 3.72. The number of carbonyl (C=O) groups is 1. The lowest BCUT2D eigenvalue weighted by molar-refractivity contribution is -0.117. The van der Waals surface area contributed by atoms with Crippen LogP contribution < -0.4 is 4.80 Å². The van der Waals surface area contributed by atoms with Crippen molar-refractivity contribution in [3.8, 4) is 0 Å². The molecule has 0 N–H and O–H groups in total. The number of rotatable bonds is 3. The Labute approximate surface area is 133 Å². The summed E-state index contributed by atoms with van der Waals surface area (Å²) in [5, 5.41) is 0. The van der Waals surface area contributed by atoms with Gasteiger partial charge in [-0.05, 0) is 29.7 Å². The fourth-order valence-electron chi connectivity index (χ4n) is 2.40. The molecule has 2 aromatic carbocycles. The molecule has 0 saturated heterocycles. The minimum Gasteiger partial charge on any atom is -0.319 e. The highest BCUT2D eigenvalue weighted by Gasteiger charge is 2.05. The van der Waals surface area contributed by atoms with Gasteiger partial charge in [-0.15, -0.1) is 0 Å². The maximum absolute atomic E-state index is 12.2. The summed E-state index contributed by atoms with van der Waals surface area (Å²) in [7, 11) is 1.95. The molecular formula is C18H18N2OS. The molecule has 0 fully saturated rings. The minimum absolute atomic E-state index is 0.105. The van der Waals surface area contributed by atoms with E-state index < -0.39 is 0 Å². The van der Waals surface area contributed by atoms with Crippen molar-refractivity contribution in [3.05, 3.63) is 64.5 Å². The summed E-state index contributed by atoms with van der Waals surface area (Å²) < 4.78 is 3.11. The molecule has 1 amide bonds. The predicted molar refractivity (Wildman–Crippen MR) is 90.9 cm³/mol. The van der Waals surface area contributed by atoms with Crippen LogP contribution in [0.25, 0.3) is 10.2 Å². The molecule has 0 aliphatic carbocycles. The van der Waals surface area contributed by atoms with E-state index in [1.807, 2.05) is 48.0 Å². The van der Waals surface area contributed by atoms with Crippen molar-refractivity contribution in [1.82, 2.24) is 4.57 Å². The molecule has 0 radical (unpaired) electrons. The van der Waals surface area contributed by atoms with Gasteiger partial charge >= 0.3 is 0 Å². The number of benzene rings is 2. The number of thiazole rings is 1. The summed E-state index contributed by atoms with van der Waals surface area (Å²) in [5.74, 6) is -0.105. The largest absolute Gasteiger partial charge is 0.319 e. The number of nitrogens with zero attached hydrogens (tertiary/aromatic N) is 2. The summed E-state index contributed by atoms with van der Waals surface area (Å²) >= 11 is 1.54. The van der Waals surface area contributed by atoms with Crippen molar-refractivity contribution in [1.29, 1.82) is 0 Å². The Morgan fingerprint density at radius 3 is 2.45 bits per heavy atom. The van der Waals surface area contributed by atoms with E-state index in [1.165, 1.54) is 5.56 Å². The molecule has 0 saturated carbocycles. The van der Waals surface area contributed by atoms with Crippen LogP contribution in [0.2, 0.25) is 0 Å². The molecule has 0 aliphatic rings. The first-order valence-electron chi connectivity index (χ1n) is 7.37. The van der Waals surface area contributed by atoms with E-state index in [2.05, 4.69) is 24.0 Å². The van der Waals surface area contributed by atoms with Gasteiger partial charge in [0.1, 0.15) is 0 Å². The average molecular weight is 310 g/mol. The van der Waals surface area contributed by atoms with E-state index in [1.54, 1.807) is 11.3 Å². The van der Waals surface area contributed by atoms with Gasteiger partial charge < -0.3 is 4.57 Å². The van der Waals surface area contributed by atoms with E-state index in [0.717, 1.165) is 27.0 Å². The van der Waals surface area contributed by atoms with Crippen LogP contribution in [0.1, 0.15) is 18.1 Å². The van der Waals surface area contributed by atoms with Crippen LogP contribution >= 0.6 is 11.3 Å². The molecule has 3 aromatic rings. The number of carbonyl (C=O) groups excluding carboxylic acids is 1. The monoisotopic (exact) mass is 310 g/mol. The molecule has 4 heteroatoms. The van der Waals surface area contributed by atoms with Gasteiger partial charge in [-0.2, -0.15) is 4.99 Å². The lowest BCUT2D eigenvalue weighted by Crippen LogP contribution is -2.14. The molecule has 1 heterocycles. The summed E-state index contributed by atoms with van der Waals surface area (Å²) in [4.78, 5) is 17.2. The first kappa shape index (κ1) is 14.7. The van der Waals surface area contributed by atoms with Gasteiger partial charge in [0.2, 0.25) is 0 Å². The molecule has 22 heavy (non-hydrogen) atoms. The molecule has 0 spiro atoms. The Kier molecular flexibility index (Phi) is 4.20. The Balaban J connectivity index is 1.86. The topological polar surface area (TPSA) is 34.4 Å². The third kappa shape index (κ3) is 3.02. The quantitative estimate of drug-likeness (QED) is 0.729. The highest BCUT2D eigenvalue weighted by Crippen LogP contribution is 2.15. The van der Waals surface area contributed by atoms with Gasteiger partial charge in [0.15, 0.2) is 4.80 Å². The number of para-hydroxylation sites is 1. The van der Waals surface area contributed by atoms with Crippen molar-refractivity contribution in [2.24, 2.45) is 12.0 Å². The first-order chi connectivity index (χ1) is 10.7. The second kappa shape index (κ2) is 6.28. The van der Waals surface area contributed by atoms with E-state index in [4.69, 9.17) is 0 Å². The SMILES string of the molecule is CCc1ccc(CC(=O)N=c2sc3ccccc3n2C)cc1. The first-order valence-corrected chi connectivity index (χ1v) is 8.19. The second-order valence-electron chi connectivity index (χ2n) is 5.26. The molecule has 1 aromatic heterocycles. The standard InChI is InChI=1S/C18H18N2OS/c1-3-13-8-10-14(11-9-13)12-17(21)19-18-20(2)15-6-4-5-7-16(15)22-18/h4-11H,3,12H2,1-2H3. The summed E-state index contributed by atoms with van der Waals surface area (Å²) in [6, 6.07) is 16.2. The Morgan fingerprint density at radius 2 is 1.77 bits per heavy atom. The molecule has 0 bridgehead atoms. The van der Waals surface area contributed by atoms with Gasteiger partial charge in [-0.3, -0.25) is 4.79 Å². The highest BCUT2D eigenvalue weighted by atomic mass is 32.1. The fraction of sp³-hybridized carbons (Fsp3) is 0.222. The maximum Gasteiger partial charge on any atom is 0.252 e. The minimum atomic E-state index is -0.105. The molecule has 3 nitrogen and oxygen atoms in total. The summed E-state index contributed by atoms with van der Waals surface area (Å²) in [5.41, 5.74) is 3.39. The number of fused-ring (bicyclic) bond motifs is 1. The molecular weight excluding hydrogens is 292 g/mol. The lowest BCUT2D eigenvalue weighted by Gasteiger charge is -2.00. The Hall–Kier alpha value is -2.20. The van der Waals surface area contributed by atoms with Crippen LogP contribution in [0.15, 0.2) is 53.5 Å². The van der Waals surface area contributed by atoms with E-state index in [-0.39, 0.29) is 5.91 Å². The maximum atomic E-state index is 12.2. The zero-order valence-corrected chi connectivity index (χ0v) is 13.6. The van der Waals surface area contributed by atoms with Crippen LogP contribution in [-0.4, -0.2) is 10.5 Å². The zero-order chi connectivity index (χ0) is 15.5. The molecule has 0 atom stereocenters. The Bertz CT molecular complexity index is 872. The fourth-order valence-corrected chi connectivity index (χ4v) is 3.44. The van der Waals surface area contributed by atoms with Crippen molar-refractivity contribution in [2.45, 2.75) is 19.8 Å². The third-order valence-corrected chi connectivity index (χ3v) is 4.83. The van der Waals surface area contributed by atoms with E-state index >= 15 is 0 Å². The predicted octanol–water partition coefficient (Wildman–Crippen LogP) is 3.47. The van der Waals surface area contributed by atoms with Crippen molar-refractivity contribution in [2.75, 3.05) is 0 Å². The smallest absolute Gasteiger partial charge is 0.252 e. The van der Waals surface area contributed by atoms with Gasteiger partial charge in [-0.1, -0.05) is 54.7 Å². The molecule has 0 aliphatic heterocycles. The summed E-state index contributed by atoms with van der Waals surface area (Å²) in [6.45, 7) is 2.12. The van der Waals surface area contributed by atoms with E-state index in [0.29, 0.717) is 6.42 Å². The van der Waals surface area contributed by atoms with Crippen LogP contribution in [0.5, 0.6) is 0 Å². The van der Waals surface area contributed by atoms with E-state index in [9.17, 15) is 4.79 Å². The van der Waals surface area contributed by atoms with Crippen LogP contribution in [0.3, 0.4) is 0 Å². The van der Waals surface area contributed by atoms with Crippen molar-refractivity contribution in [3.63, 3.8) is 0 Å². The second-order valence-corrected chi connectivity index (χ2v) is 6.27. The van der Waals surface area contributed by atoms with Gasteiger partial charge in [0.05, 0.1) is 16.6 Å². The average Bonchev–Trinajstić information content (AvgIpc) is 2.84. The number of aromatic nitrogens is 1. The summed E-state index contributed by atoms with van der Waals surface area (Å²) in [6.07, 6.45) is 1.36. The van der Waals surface area contributed by atoms with Crippen molar-refractivity contribution < 1.29 is 4.79 Å². The highest BCUT2D eigenvalue weighted by molar-refractivity contribution is 7.16. The lowest BCUT2D eigenvalue weighted by atomic mass is 10.1. The zero-order valence-electron chi connectivity index (χ0n) is 12.7. The molecule has 112 valence electrons. The number of hydrogen-bond acceptors (Lipinski definition) is 2.